The van der Waals surface area contributed by atoms with Gasteiger partial charge in [-0.15, -0.1) is 0 Å². The summed E-state index contributed by atoms with van der Waals surface area (Å²) in [5.74, 6) is 2.79. The van der Waals surface area contributed by atoms with Crippen molar-refractivity contribution >= 4 is 5.97 Å². The summed E-state index contributed by atoms with van der Waals surface area (Å²) >= 11 is 0. The molecule has 0 heterocycles. The second-order valence-electron chi connectivity index (χ2n) is 6.71. The first kappa shape index (κ1) is 11.5. The average molecular weight is 237 g/mol. The minimum absolute atomic E-state index is 0.345. The van der Waals surface area contributed by atoms with E-state index in [9.17, 15) is 9.90 Å². The summed E-state index contributed by atoms with van der Waals surface area (Å²) in [6, 6.07) is 0. The molecule has 17 heavy (non-hydrogen) atoms. The summed E-state index contributed by atoms with van der Waals surface area (Å²) in [6.07, 6.45) is 6.54. The van der Waals surface area contributed by atoms with E-state index < -0.39 is 11.5 Å². The number of nitrogens with one attached hydrogen (secondary N) is 1. The molecule has 4 bridgehead atoms. The van der Waals surface area contributed by atoms with Gasteiger partial charge >= 0.3 is 5.97 Å². The van der Waals surface area contributed by atoms with Crippen molar-refractivity contribution in [2.24, 2.45) is 29.6 Å². The second kappa shape index (κ2) is 3.71. The first-order chi connectivity index (χ1) is 8.04. The summed E-state index contributed by atoms with van der Waals surface area (Å²) in [6.45, 7) is 1.89. The smallest absolute Gasteiger partial charge is 0.323 e. The number of aliphatic carboxylic acids is 1. The van der Waals surface area contributed by atoms with Gasteiger partial charge in [-0.05, 0) is 75.7 Å². The highest BCUT2D eigenvalue weighted by Gasteiger charge is 2.56. The Bertz CT molecular complexity index is 313. The van der Waals surface area contributed by atoms with E-state index in [1.54, 1.807) is 7.05 Å². The molecule has 0 aromatic heterocycles. The van der Waals surface area contributed by atoms with Gasteiger partial charge < -0.3 is 10.4 Å². The van der Waals surface area contributed by atoms with Crippen LogP contribution in [0.15, 0.2) is 0 Å². The zero-order chi connectivity index (χ0) is 12.2. The molecule has 2 N–H and O–H groups in total. The van der Waals surface area contributed by atoms with Gasteiger partial charge in [-0.2, -0.15) is 0 Å². The third-order valence-electron chi connectivity index (χ3n) is 5.86. The quantitative estimate of drug-likeness (QED) is 0.790. The summed E-state index contributed by atoms with van der Waals surface area (Å²) in [5, 5.41) is 12.7. The molecule has 1 unspecified atom stereocenters. The first-order valence-electron chi connectivity index (χ1n) is 6.97. The zero-order valence-corrected chi connectivity index (χ0v) is 10.8. The normalized spacial score (nSPS) is 46.8. The predicted octanol–water partition coefficient (Wildman–Crippen LogP) is 2.12. The van der Waals surface area contributed by atoms with Crippen LogP contribution < -0.4 is 5.32 Å². The van der Waals surface area contributed by atoms with Crippen LogP contribution in [0, 0.1) is 29.6 Å². The highest BCUT2D eigenvalue weighted by atomic mass is 16.4. The molecule has 96 valence electrons. The molecule has 4 saturated carbocycles. The molecule has 1 atom stereocenters. The predicted molar refractivity (Wildman–Crippen MR) is 65.6 cm³/mol. The minimum Gasteiger partial charge on any atom is -0.480 e. The van der Waals surface area contributed by atoms with E-state index in [2.05, 4.69) is 5.32 Å². The number of carboxylic acid groups (broad SMARTS) is 1. The fourth-order valence-electron chi connectivity index (χ4n) is 5.28. The van der Waals surface area contributed by atoms with Crippen molar-refractivity contribution in [1.29, 1.82) is 0 Å². The lowest BCUT2D eigenvalue weighted by molar-refractivity contribution is -0.155. The lowest BCUT2D eigenvalue weighted by atomic mass is 9.48. The van der Waals surface area contributed by atoms with Crippen LogP contribution in [0.3, 0.4) is 0 Å². The first-order valence-corrected chi connectivity index (χ1v) is 6.97. The maximum absolute atomic E-state index is 11.6. The van der Waals surface area contributed by atoms with Crippen LogP contribution in [0.2, 0.25) is 0 Å². The van der Waals surface area contributed by atoms with Gasteiger partial charge in [0.05, 0.1) is 0 Å². The Balaban J connectivity index is 1.91. The van der Waals surface area contributed by atoms with Gasteiger partial charge in [-0.3, -0.25) is 4.79 Å². The fourth-order valence-corrected chi connectivity index (χ4v) is 5.28. The molecule has 3 heteroatoms. The molecule has 0 aromatic rings. The Hall–Kier alpha value is -0.570. The molecule has 4 rings (SSSR count). The summed E-state index contributed by atoms with van der Waals surface area (Å²) in [7, 11) is 1.80. The summed E-state index contributed by atoms with van der Waals surface area (Å²) in [5.41, 5.74) is -0.720. The molecule has 4 aliphatic carbocycles. The number of carboxylic acids is 1. The van der Waals surface area contributed by atoms with Gasteiger partial charge in [-0.1, -0.05) is 0 Å². The van der Waals surface area contributed by atoms with Crippen molar-refractivity contribution in [2.45, 2.75) is 44.6 Å². The van der Waals surface area contributed by atoms with E-state index in [-0.39, 0.29) is 0 Å². The molecule has 0 aromatic carbocycles. The molecule has 0 saturated heterocycles. The fraction of sp³-hybridized carbons (Fsp3) is 0.929. The van der Waals surface area contributed by atoms with E-state index in [0.717, 1.165) is 11.8 Å². The van der Waals surface area contributed by atoms with Gasteiger partial charge in [-0.25, -0.2) is 0 Å². The van der Waals surface area contributed by atoms with Gasteiger partial charge in [0.25, 0.3) is 0 Å². The zero-order valence-electron chi connectivity index (χ0n) is 10.8. The van der Waals surface area contributed by atoms with Gasteiger partial charge in [0.2, 0.25) is 0 Å². The maximum Gasteiger partial charge on any atom is 0.323 e. The van der Waals surface area contributed by atoms with Gasteiger partial charge in [0.15, 0.2) is 0 Å². The molecule has 0 radical (unpaired) electrons. The van der Waals surface area contributed by atoms with Crippen LogP contribution in [0.4, 0.5) is 0 Å². The van der Waals surface area contributed by atoms with E-state index >= 15 is 0 Å². The minimum atomic E-state index is -0.720. The SMILES string of the molecule is CNC(C)(C(=O)O)C1C2CC3CC(C2)CC1C3. The molecule has 3 nitrogen and oxygen atoms in total. The number of carbonyl (C=O) groups is 1. The molecular weight excluding hydrogens is 214 g/mol. The Morgan fingerprint density at radius 1 is 1.12 bits per heavy atom. The highest BCUT2D eigenvalue weighted by molar-refractivity contribution is 5.78. The van der Waals surface area contributed by atoms with E-state index in [4.69, 9.17) is 0 Å². The van der Waals surface area contributed by atoms with Crippen LogP contribution >= 0.6 is 0 Å². The lowest BCUT2D eigenvalue weighted by Crippen LogP contribution is -2.62. The van der Waals surface area contributed by atoms with E-state index in [1.807, 2.05) is 6.92 Å². The molecule has 4 aliphatic rings. The van der Waals surface area contributed by atoms with Crippen molar-refractivity contribution in [3.63, 3.8) is 0 Å². The number of hydrogen-bond acceptors (Lipinski definition) is 2. The molecular formula is C14H23NO2. The van der Waals surface area contributed by atoms with Crippen molar-refractivity contribution in [1.82, 2.24) is 5.32 Å². The van der Waals surface area contributed by atoms with Crippen LogP contribution in [0.25, 0.3) is 0 Å². The standard InChI is InChI=1S/C14H23NO2/c1-14(15-2,13(16)17)12-10-4-8-3-9(6-10)7-11(12)5-8/h8-12,15H,3-7H2,1-2H3,(H,16,17). The highest BCUT2D eigenvalue weighted by Crippen LogP contribution is 2.59. The monoisotopic (exact) mass is 237 g/mol. The number of rotatable bonds is 3. The van der Waals surface area contributed by atoms with Gasteiger partial charge in [0.1, 0.15) is 5.54 Å². The van der Waals surface area contributed by atoms with Crippen LogP contribution in [-0.2, 0) is 4.79 Å². The summed E-state index contributed by atoms with van der Waals surface area (Å²) in [4.78, 5) is 11.6. The number of hydrogen-bond donors (Lipinski definition) is 2. The molecule has 4 fully saturated rings. The van der Waals surface area contributed by atoms with Crippen molar-refractivity contribution < 1.29 is 9.90 Å². The van der Waals surface area contributed by atoms with Crippen molar-refractivity contribution in [3.8, 4) is 0 Å². The van der Waals surface area contributed by atoms with Crippen LogP contribution in [0.5, 0.6) is 0 Å². The molecule has 0 spiro atoms. The Labute approximate surface area is 103 Å². The maximum atomic E-state index is 11.6. The average Bonchev–Trinajstić information content (AvgIpc) is 2.26. The largest absolute Gasteiger partial charge is 0.480 e. The molecule has 0 aliphatic heterocycles. The van der Waals surface area contributed by atoms with E-state index in [0.29, 0.717) is 17.8 Å². The van der Waals surface area contributed by atoms with Gasteiger partial charge in [0, 0.05) is 0 Å². The Kier molecular flexibility index (Phi) is 2.51. The molecule has 0 amide bonds. The van der Waals surface area contributed by atoms with Crippen LogP contribution in [-0.4, -0.2) is 23.7 Å². The Morgan fingerprint density at radius 3 is 1.94 bits per heavy atom. The third-order valence-corrected chi connectivity index (χ3v) is 5.86. The van der Waals surface area contributed by atoms with Crippen molar-refractivity contribution in [2.75, 3.05) is 7.05 Å². The van der Waals surface area contributed by atoms with E-state index in [1.165, 1.54) is 32.1 Å². The number of likely N-dealkylation sites (N-methyl/N-ethyl adjacent to an activating group) is 1. The topological polar surface area (TPSA) is 49.3 Å². The lowest BCUT2D eigenvalue weighted by Gasteiger charge is -2.58. The third kappa shape index (κ3) is 1.55. The summed E-state index contributed by atoms with van der Waals surface area (Å²) < 4.78 is 0. The van der Waals surface area contributed by atoms with Crippen molar-refractivity contribution in [3.05, 3.63) is 0 Å². The Morgan fingerprint density at radius 2 is 1.59 bits per heavy atom. The van der Waals surface area contributed by atoms with Crippen LogP contribution in [0.1, 0.15) is 39.0 Å². The second-order valence-corrected chi connectivity index (χ2v) is 6.71.